The van der Waals surface area contributed by atoms with Gasteiger partial charge in [0.05, 0.1) is 25.7 Å². The molecule has 0 aliphatic carbocycles. The molecule has 1 aliphatic heterocycles. The number of rotatable bonds is 4. The number of benzene rings is 1. The Labute approximate surface area is 118 Å². The summed E-state index contributed by atoms with van der Waals surface area (Å²) in [4.78, 5) is 12.1. The van der Waals surface area contributed by atoms with Gasteiger partial charge in [0.15, 0.2) is 21.3 Å². The largest absolute Gasteiger partial charge is 0.493 e. The van der Waals surface area contributed by atoms with E-state index in [0.29, 0.717) is 23.5 Å². The van der Waals surface area contributed by atoms with E-state index in [1.165, 1.54) is 14.2 Å². The summed E-state index contributed by atoms with van der Waals surface area (Å²) in [6.45, 7) is 0. The van der Waals surface area contributed by atoms with Crippen LogP contribution in [0.2, 0.25) is 0 Å². The van der Waals surface area contributed by atoms with Crippen molar-refractivity contribution in [1.82, 2.24) is 5.32 Å². The fraction of sp³-hybridized carbons (Fsp3) is 0.462. The topological polar surface area (TPSA) is 81.7 Å². The molecule has 1 N–H and O–H groups in total. The third-order valence-corrected chi connectivity index (χ3v) is 4.98. The second-order valence-electron chi connectivity index (χ2n) is 4.64. The van der Waals surface area contributed by atoms with E-state index in [4.69, 9.17) is 9.47 Å². The van der Waals surface area contributed by atoms with Gasteiger partial charge in [-0.15, -0.1) is 0 Å². The first-order valence-corrected chi connectivity index (χ1v) is 8.00. The highest BCUT2D eigenvalue weighted by atomic mass is 32.2. The van der Waals surface area contributed by atoms with E-state index in [1.807, 2.05) is 0 Å². The lowest BCUT2D eigenvalue weighted by Gasteiger charge is -2.12. The van der Waals surface area contributed by atoms with Crippen LogP contribution in [0.4, 0.5) is 0 Å². The Hall–Kier alpha value is -1.76. The molecule has 1 aromatic rings. The van der Waals surface area contributed by atoms with E-state index in [0.717, 1.165) is 0 Å². The molecule has 0 bridgehead atoms. The summed E-state index contributed by atoms with van der Waals surface area (Å²) in [6.07, 6.45) is 0.460. The van der Waals surface area contributed by atoms with Crippen LogP contribution < -0.4 is 14.8 Å². The van der Waals surface area contributed by atoms with Gasteiger partial charge in [0, 0.05) is 11.6 Å². The minimum Gasteiger partial charge on any atom is -0.493 e. The SMILES string of the molecule is COc1ccc(C(=O)N[C@H]2CCS(=O)(=O)C2)cc1OC. The van der Waals surface area contributed by atoms with Crippen LogP contribution in [0, 0.1) is 0 Å². The number of sulfone groups is 1. The molecule has 1 saturated heterocycles. The number of hydrogen-bond donors (Lipinski definition) is 1. The van der Waals surface area contributed by atoms with Gasteiger partial charge in [-0.1, -0.05) is 0 Å². The smallest absolute Gasteiger partial charge is 0.251 e. The quantitative estimate of drug-likeness (QED) is 0.881. The van der Waals surface area contributed by atoms with E-state index in [1.54, 1.807) is 18.2 Å². The first-order valence-electron chi connectivity index (χ1n) is 6.18. The Bertz CT molecular complexity index is 611. The summed E-state index contributed by atoms with van der Waals surface area (Å²) in [7, 11) is -0.00215. The highest BCUT2D eigenvalue weighted by molar-refractivity contribution is 7.91. The summed E-state index contributed by atoms with van der Waals surface area (Å²) in [5.74, 6) is 0.815. The van der Waals surface area contributed by atoms with E-state index < -0.39 is 9.84 Å². The number of amides is 1. The van der Waals surface area contributed by atoms with Crippen molar-refractivity contribution in [1.29, 1.82) is 0 Å². The molecule has 0 radical (unpaired) electrons. The minimum absolute atomic E-state index is 0.00598. The molecule has 0 aromatic heterocycles. The predicted molar refractivity (Wildman–Crippen MR) is 74.1 cm³/mol. The second-order valence-corrected chi connectivity index (χ2v) is 6.87. The lowest BCUT2D eigenvalue weighted by molar-refractivity contribution is 0.0940. The maximum Gasteiger partial charge on any atom is 0.251 e. The van der Waals surface area contributed by atoms with E-state index >= 15 is 0 Å². The molecular formula is C13H17NO5S. The number of hydrogen-bond acceptors (Lipinski definition) is 5. The number of ether oxygens (including phenoxy) is 2. The van der Waals surface area contributed by atoms with Crippen LogP contribution >= 0.6 is 0 Å². The molecule has 0 spiro atoms. The van der Waals surface area contributed by atoms with Gasteiger partial charge in [-0.3, -0.25) is 4.79 Å². The molecule has 0 unspecified atom stereocenters. The van der Waals surface area contributed by atoms with Crippen molar-refractivity contribution in [3.63, 3.8) is 0 Å². The molecule has 1 fully saturated rings. The maximum absolute atomic E-state index is 12.1. The molecule has 2 rings (SSSR count). The van der Waals surface area contributed by atoms with Crippen molar-refractivity contribution in [3.8, 4) is 11.5 Å². The van der Waals surface area contributed by atoms with Crippen LogP contribution in [0.15, 0.2) is 18.2 Å². The van der Waals surface area contributed by atoms with E-state index in [9.17, 15) is 13.2 Å². The summed E-state index contributed by atoms with van der Waals surface area (Å²) < 4.78 is 32.9. The van der Waals surface area contributed by atoms with E-state index in [-0.39, 0.29) is 23.5 Å². The summed E-state index contributed by atoms with van der Waals surface area (Å²) in [5, 5.41) is 2.73. The van der Waals surface area contributed by atoms with Crippen LogP contribution in [0.3, 0.4) is 0 Å². The fourth-order valence-corrected chi connectivity index (χ4v) is 3.83. The van der Waals surface area contributed by atoms with Crippen molar-refractivity contribution >= 4 is 15.7 Å². The highest BCUT2D eigenvalue weighted by Crippen LogP contribution is 2.27. The lowest BCUT2D eigenvalue weighted by atomic mass is 10.1. The molecule has 1 aliphatic rings. The van der Waals surface area contributed by atoms with Gasteiger partial charge < -0.3 is 14.8 Å². The normalized spacial score (nSPS) is 20.4. The minimum atomic E-state index is -3.01. The maximum atomic E-state index is 12.1. The van der Waals surface area contributed by atoms with Gasteiger partial charge in [-0.05, 0) is 24.6 Å². The van der Waals surface area contributed by atoms with Gasteiger partial charge in [0.1, 0.15) is 0 Å². The zero-order valence-corrected chi connectivity index (χ0v) is 12.2. The van der Waals surface area contributed by atoms with Crippen molar-refractivity contribution in [3.05, 3.63) is 23.8 Å². The monoisotopic (exact) mass is 299 g/mol. The molecular weight excluding hydrogens is 282 g/mol. The zero-order valence-electron chi connectivity index (χ0n) is 11.4. The number of carbonyl (C=O) groups is 1. The summed E-state index contributed by atoms with van der Waals surface area (Å²) in [6, 6.07) is 4.50. The van der Waals surface area contributed by atoms with Crippen LogP contribution in [-0.4, -0.2) is 46.1 Å². The lowest BCUT2D eigenvalue weighted by Crippen LogP contribution is -2.35. The average Bonchev–Trinajstić information content (AvgIpc) is 2.76. The Morgan fingerprint density at radius 3 is 2.50 bits per heavy atom. The zero-order chi connectivity index (χ0) is 14.8. The summed E-state index contributed by atoms with van der Waals surface area (Å²) in [5.41, 5.74) is 0.409. The summed E-state index contributed by atoms with van der Waals surface area (Å²) >= 11 is 0. The first-order chi connectivity index (χ1) is 9.45. The Kier molecular flexibility index (Phi) is 4.17. The Morgan fingerprint density at radius 2 is 1.95 bits per heavy atom. The van der Waals surface area contributed by atoms with Gasteiger partial charge in [0.2, 0.25) is 0 Å². The van der Waals surface area contributed by atoms with Crippen LogP contribution in [-0.2, 0) is 9.84 Å². The number of methoxy groups -OCH3 is 2. The van der Waals surface area contributed by atoms with Crippen molar-refractivity contribution < 1.29 is 22.7 Å². The van der Waals surface area contributed by atoms with Gasteiger partial charge in [-0.2, -0.15) is 0 Å². The molecule has 1 atom stereocenters. The third-order valence-electron chi connectivity index (χ3n) is 3.21. The van der Waals surface area contributed by atoms with Gasteiger partial charge >= 0.3 is 0 Å². The molecule has 6 nitrogen and oxygen atoms in total. The molecule has 20 heavy (non-hydrogen) atoms. The molecule has 1 amide bonds. The Balaban J connectivity index is 2.10. The van der Waals surface area contributed by atoms with Gasteiger partial charge in [-0.25, -0.2) is 8.42 Å². The van der Waals surface area contributed by atoms with Crippen LogP contribution in [0.5, 0.6) is 11.5 Å². The standard InChI is InChI=1S/C13H17NO5S/c1-18-11-4-3-9(7-12(11)19-2)13(15)14-10-5-6-20(16,17)8-10/h3-4,7,10H,5-6,8H2,1-2H3,(H,14,15)/t10-/m0/s1. The molecule has 110 valence electrons. The first kappa shape index (κ1) is 14.6. The number of carbonyl (C=O) groups excluding carboxylic acids is 1. The molecule has 7 heteroatoms. The molecule has 1 aromatic carbocycles. The van der Waals surface area contributed by atoms with Crippen molar-refractivity contribution in [2.24, 2.45) is 0 Å². The molecule has 1 heterocycles. The number of nitrogens with one attached hydrogen (secondary N) is 1. The van der Waals surface area contributed by atoms with Crippen LogP contribution in [0.1, 0.15) is 16.8 Å². The Morgan fingerprint density at radius 1 is 1.25 bits per heavy atom. The van der Waals surface area contributed by atoms with Crippen molar-refractivity contribution in [2.75, 3.05) is 25.7 Å². The predicted octanol–water partition coefficient (Wildman–Crippen LogP) is 0.621. The van der Waals surface area contributed by atoms with Gasteiger partial charge in [0.25, 0.3) is 5.91 Å². The highest BCUT2D eigenvalue weighted by Gasteiger charge is 2.29. The fourth-order valence-electron chi connectivity index (χ4n) is 2.16. The molecule has 0 saturated carbocycles. The average molecular weight is 299 g/mol. The van der Waals surface area contributed by atoms with Crippen molar-refractivity contribution in [2.45, 2.75) is 12.5 Å². The third kappa shape index (κ3) is 3.22. The van der Waals surface area contributed by atoms with E-state index in [2.05, 4.69) is 5.32 Å². The second kappa shape index (κ2) is 5.70. The van der Waals surface area contributed by atoms with Crippen LogP contribution in [0.25, 0.3) is 0 Å².